The van der Waals surface area contributed by atoms with Gasteiger partial charge in [-0.05, 0) is 32.0 Å². The van der Waals surface area contributed by atoms with Crippen LogP contribution in [0.3, 0.4) is 0 Å². The molecule has 0 atom stereocenters. The predicted octanol–water partition coefficient (Wildman–Crippen LogP) is 0.664. The van der Waals surface area contributed by atoms with E-state index in [9.17, 15) is 0 Å². The van der Waals surface area contributed by atoms with Crippen LogP contribution in [0.15, 0.2) is 0 Å². The molecular formula is C7H17NOS. The number of aliphatic hydroxyl groups excluding tert-OH is 1. The number of hydrogen-bond acceptors (Lipinski definition) is 3. The molecule has 0 fully saturated rings. The highest BCUT2D eigenvalue weighted by molar-refractivity contribution is 7.98. The topological polar surface area (TPSA) is 23.5 Å². The minimum atomic E-state index is 0.274. The summed E-state index contributed by atoms with van der Waals surface area (Å²) < 4.78 is 0. The van der Waals surface area contributed by atoms with Gasteiger partial charge >= 0.3 is 0 Å². The summed E-state index contributed by atoms with van der Waals surface area (Å²) in [7, 11) is 2.04. The van der Waals surface area contributed by atoms with Gasteiger partial charge in [0.1, 0.15) is 0 Å². The second-order valence-corrected chi connectivity index (χ2v) is 3.36. The Kier molecular flexibility index (Phi) is 7.58. The summed E-state index contributed by atoms with van der Waals surface area (Å²) in [5.41, 5.74) is 0. The molecule has 0 aromatic carbocycles. The molecule has 3 heteroatoms. The minimum Gasteiger partial charge on any atom is -0.395 e. The van der Waals surface area contributed by atoms with Gasteiger partial charge in [0.25, 0.3) is 0 Å². The van der Waals surface area contributed by atoms with Crippen LogP contribution in [-0.2, 0) is 0 Å². The molecular weight excluding hydrogens is 146 g/mol. The van der Waals surface area contributed by atoms with Crippen LogP contribution in [-0.4, -0.2) is 48.8 Å². The lowest BCUT2D eigenvalue weighted by molar-refractivity contribution is 0.222. The van der Waals surface area contributed by atoms with E-state index in [1.807, 2.05) is 18.8 Å². The molecule has 0 heterocycles. The Bertz CT molecular complexity index is 70.6. The van der Waals surface area contributed by atoms with Crippen molar-refractivity contribution in [2.75, 3.05) is 38.8 Å². The van der Waals surface area contributed by atoms with Gasteiger partial charge in [-0.1, -0.05) is 0 Å². The third kappa shape index (κ3) is 6.39. The first kappa shape index (κ1) is 10.3. The average Bonchev–Trinajstić information content (AvgIpc) is 1.89. The number of thioether (sulfide) groups is 1. The predicted molar refractivity (Wildman–Crippen MR) is 47.6 cm³/mol. The van der Waals surface area contributed by atoms with Gasteiger partial charge < -0.3 is 10.0 Å². The van der Waals surface area contributed by atoms with Crippen molar-refractivity contribution in [3.8, 4) is 0 Å². The molecule has 0 rings (SSSR count). The molecule has 1 N–H and O–H groups in total. The van der Waals surface area contributed by atoms with Gasteiger partial charge in [-0.15, -0.1) is 0 Å². The van der Waals surface area contributed by atoms with Crippen LogP contribution in [0.1, 0.15) is 6.42 Å². The van der Waals surface area contributed by atoms with E-state index in [-0.39, 0.29) is 6.61 Å². The molecule has 0 bridgehead atoms. The molecule has 0 radical (unpaired) electrons. The lowest BCUT2D eigenvalue weighted by atomic mass is 10.4. The zero-order chi connectivity index (χ0) is 7.82. The van der Waals surface area contributed by atoms with Crippen molar-refractivity contribution >= 4 is 11.8 Å². The van der Waals surface area contributed by atoms with E-state index in [1.54, 1.807) is 0 Å². The van der Waals surface area contributed by atoms with E-state index in [1.165, 1.54) is 12.2 Å². The van der Waals surface area contributed by atoms with Gasteiger partial charge in [-0.3, -0.25) is 0 Å². The monoisotopic (exact) mass is 163 g/mol. The van der Waals surface area contributed by atoms with E-state index in [2.05, 4.69) is 11.2 Å². The van der Waals surface area contributed by atoms with Crippen molar-refractivity contribution in [1.29, 1.82) is 0 Å². The van der Waals surface area contributed by atoms with Crippen LogP contribution in [0.25, 0.3) is 0 Å². The maximum absolute atomic E-state index is 8.55. The molecule has 0 saturated carbocycles. The zero-order valence-electron chi connectivity index (χ0n) is 6.84. The van der Waals surface area contributed by atoms with Gasteiger partial charge in [0.15, 0.2) is 0 Å². The fourth-order valence-electron chi connectivity index (χ4n) is 0.761. The molecule has 62 valence electrons. The number of hydrogen-bond donors (Lipinski definition) is 1. The third-order valence-corrected chi connectivity index (χ3v) is 2.07. The first-order valence-electron chi connectivity index (χ1n) is 3.59. The Morgan fingerprint density at radius 2 is 2.10 bits per heavy atom. The molecule has 10 heavy (non-hydrogen) atoms. The highest BCUT2D eigenvalue weighted by Crippen LogP contribution is 1.96. The van der Waals surface area contributed by atoms with Crippen LogP contribution in [0, 0.1) is 0 Å². The van der Waals surface area contributed by atoms with E-state index in [4.69, 9.17) is 5.11 Å². The highest BCUT2D eigenvalue weighted by atomic mass is 32.2. The van der Waals surface area contributed by atoms with E-state index < -0.39 is 0 Å². The third-order valence-electron chi connectivity index (χ3n) is 1.37. The standard InChI is InChI=1S/C7H17NOS/c1-8(5-6-9)4-3-7-10-2/h9H,3-7H2,1-2H3. The molecule has 0 aliphatic carbocycles. The lowest BCUT2D eigenvalue weighted by Gasteiger charge is -2.13. The van der Waals surface area contributed by atoms with Gasteiger partial charge in [0.05, 0.1) is 6.61 Å². The highest BCUT2D eigenvalue weighted by Gasteiger charge is 1.94. The molecule has 0 aliphatic rings. The van der Waals surface area contributed by atoms with Crippen LogP contribution in [0.4, 0.5) is 0 Å². The van der Waals surface area contributed by atoms with Crippen LogP contribution in [0.2, 0.25) is 0 Å². The molecule has 0 unspecified atom stereocenters. The first-order chi connectivity index (χ1) is 4.81. The first-order valence-corrected chi connectivity index (χ1v) is 4.99. The van der Waals surface area contributed by atoms with E-state index >= 15 is 0 Å². The molecule has 0 spiro atoms. The molecule has 0 saturated heterocycles. The Labute approximate surface area is 67.6 Å². The quantitative estimate of drug-likeness (QED) is 0.582. The number of nitrogens with zero attached hydrogens (tertiary/aromatic N) is 1. The summed E-state index contributed by atoms with van der Waals surface area (Å²) in [6.07, 6.45) is 3.34. The van der Waals surface area contributed by atoms with Gasteiger partial charge in [-0.2, -0.15) is 11.8 Å². The smallest absolute Gasteiger partial charge is 0.0558 e. The molecule has 0 amide bonds. The van der Waals surface area contributed by atoms with Gasteiger partial charge in [-0.25, -0.2) is 0 Å². The number of aliphatic hydroxyl groups is 1. The van der Waals surface area contributed by atoms with Crippen molar-refractivity contribution < 1.29 is 5.11 Å². The fraction of sp³-hybridized carbons (Fsp3) is 1.00. The van der Waals surface area contributed by atoms with Crippen molar-refractivity contribution in [1.82, 2.24) is 4.90 Å². The fourth-order valence-corrected chi connectivity index (χ4v) is 1.18. The summed E-state index contributed by atoms with van der Waals surface area (Å²) in [5.74, 6) is 1.22. The van der Waals surface area contributed by atoms with Gasteiger partial charge in [0, 0.05) is 6.54 Å². The Hall–Kier alpha value is 0.270. The average molecular weight is 163 g/mol. The summed E-state index contributed by atoms with van der Waals surface area (Å²) in [4.78, 5) is 2.15. The largest absolute Gasteiger partial charge is 0.395 e. The Balaban J connectivity index is 2.97. The summed E-state index contributed by atoms with van der Waals surface area (Å²) in [5, 5.41) is 8.55. The summed E-state index contributed by atoms with van der Waals surface area (Å²) in [6, 6.07) is 0. The SMILES string of the molecule is CSCCCN(C)CCO. The normalized spacial score (nSPS) is 10.8. The van der Waals surface area contributed by atoms with Crippen molar-refractivity contribution in [2.45, 2.75) is 6.42 Å². The number of likely N-dealkylation sites (N-methyl/N-ethyl adjacent to an activating group) is 1. The molecule has 0 aromatic heterocycles. The van der Waals surface area contributed by atoms with Crippen molar-refractivity contribution in [3.05, 3.63) is 0 Å². The van der Waals surface area contributed by atoms with Crippen LogP contribution >= 0.6 is 11.8 Å². The van der Waals surface area contributed by atoms with Crippen molar-refractivity contribution in [2.24, 2.45) is 0 Å². The van der Waals surface area contributed by atoms with Gasteiger partial charge in [0.2, 0.25) is 0 Å². The Morgan fingerprint density at radius 3 is 2.60 bits per heavy atom. The minimum absolute atomic E-state index is 0.274. The van der Waals surface area contributed by atoms with Crippen LogP contribution in [0.5, 0.6) is 0 Å². The summed E-state index contributed by atoms with van der Waals surface area (Å²) in [6.45, 7) is 2.17. The molecule has 0 aromatic rings. The van der Waals surface area contributed by atoms with Crippen LogP contribution < -0.4 is 0 Å². The lowest BCUT2D eigenvalue weighted by Crippen LogP contribution is -2.23. The van der Waals surface area contributed by atoms with Crippen molar-refractivity contribution in [3.63, 3.8) is 0 Å². The summed E-state index contributed by atoms with van der Waals surface area (Å²) >= 11 is 1.87. The maximum Gasteiger partial charge on any atom is 0.0558 e. The zero-order valence-corrected chi connectivity index (χ0v) is 7.65. The molecule has 0 aliphatic heterocycles. The Morgan fingerprint density at radius 1 is 1.40 bits per heavy atom. The number of rotatable bonds is 6. The van der Waals surface area contributed by atoms with E-state index in [0.717, 1.165) is 13.1 Å². The second kappa shape index (κ2) is 7.38. The van der Waals surface area contributed by atoms with E-state index in [0.29, 0.717) is 0 Å². The maximum atomic E-state index is 8.55. The second-order valence-electron chi connectivity index (χ2n) is 2.37. The molecule has 2 nitrogen and oxygen atoms in total.